The van der Waals surface area contributed by atoms with Crippen LogP contribution in [0.1, 0.15) is 209 Å². The van der Waals surface area contributed by atoms with Crippen molar-refractivity contribution in [3.8, 4) is 39.6 Å². The summed E-state index contributed by atoms with van der Waals surface area (Å²) in [6.07, 6.45) is 18.3. The third kappa shape index (κ3) is 22.1. The Hall–Kier alpha value is -12.4. The first-order valence-electron chi connectivity index (χ1n) is 47.1. The van der Waals surface area contributed by atoms with E-state index >= 15 is 8.78 Å². The van der Waals surface area contributed by atoms with Crippen molar-refractivity contribution in [3.63, 3.8) is 0 Å². The molecule has 0 spiro atoms. The second kappa shape index (κ2) is 41.2. The van der Waals surface area contributed by atoms with Crippen molar-refractivity contribution in [3.05, 3.63) is 239 Å². The minimum atomic E-state index is -1.72. The van der Waals surface area contributed by atoms with Gasteiger partial charge in [0.15, 0.2) is 16.9 Å². The number of carbonyl (C=O) groups is 4. The minimum Gasteiger partial charge on any atom is -0.444 e. The lowest BCUT2D eigenvalue weighted by atomic mass is 9.80. The van der Waals surface area contributed by atoms with E-state index in [-0.39, 0.29) is 120 Å². The van der Waals surface area contributed by atoms with Crippen LogP contribution in [-0.4, -0.2) is 217 Å². The summed E-state index contributed by atoms with van der Waals surface area (Å²) >= 11 is 31.2. The summed E-state index contributed by atoms with van der Waals surface area (Å²) < 4.78 is 58.4. The van der Waals surface area contributed by atoms with Gasteiger partial charge in [-0.25, -0.2) is 95.7 Å². The zero-order valence-electron chi connectivity index (χ0n) is 79.1. The molecule has 0 bridgehead atoms. The number of allylic oxidation sites excluding steroid dienone is 1. The summed E-state index contributed by atoms with van der Waals surface area (Å²) in [7, 11) is -1.72. The molecule has 9 aliphatic rings. The van der Waals surface area contributed by atoms with Crippen LogP contribution in [-0.2, 0) is 19.1 Å². The maximum absolute atomic E-state index is 15.1. The number of pyridine rings is 3. The van der Waals surface area contributed by atoms with Crippen molar-refractivity contribution in [2.45, 2.75) is 204 Å². The standard InChI is InChI=1S/C33H35ClFN7O3.C31H29ClFN7O2.C27H31Cl2N7O3.C6H6BFO2.C3H3ClO/c1-18-16-40(32(44)45-33(2,3)4)13-14-41(18)29-22-15-23(34)27(21-7-5-6-8-24(21)35)38-30(22)42(31(43)39-29)28-25(19-9-10-19)36-17-37-26(28)20-11-12-20;1-3-24(41)38-12-13-39(17(2)15-38)29-21-14-22(32)27(20-6-4-5-7-23(20)33)36-30(21)40(31(42)37-29)28-25(18-8-9-18)34-16-35-26(28)19-10-11-19;1-14-12-34(26(38)39-27(2,3)4)9-10-35(14)23-17-11-18(28)22(29)32-24(17)36(25(37)33-23)21-19(15-5-6-15)30-13-31-20(21)16-7-8-16;8-6-4-2-1-3-5(6)7(9)10;1-2-3(4)5/h5-8,15,17-20H,9-14,16H2,1-4H3;3-7,14,16-19H,1,8-13,15H2,2H3;11,13-16H,5-10,12H2,1-4H3;1-4,9-10H;2H,1H2/t18-;17-;14-;;/m000../s1. The highest BCUT2D eigenvalue weighted by molar-refractivity contribution is 6.66. The summed E-state index contributed by atoms with van der Waals surface area (Å²) in [4.78, 5) is 157. The molecule has 3 saturated heterocycles. The molecule has 0 unspecified atom stereocenters. The number of hydrogen-bond acceptors (Lipinski definition) is 26. The Bertz CT molecular complexity index is 7040. The molecule has 734 valence electrons. The van der Waals surface area contributed by atoms with Gasteiger partial charge in [0.05, 0.1) is 93.8 Å². The predicted molar refractivity (Wildman–Crippen MR) is 535 cm³/mol. The van der Waals surface area contributed by atoms with Crippen LogP contribution in [0.4, 0.5) is 40.2 Å². The number of anilines is 3. The van der Waals surface area contributed by atoms with Gasteiger partial charge in [-0.15, -0.1) is 0 Å². The van der Waals surface area contributed by atoms with Gasteiger partial charge < -0.3 is 48.9 Å². The maximum Gasteiger partial charge on any atom is 0.491 e. The predicted octanol–water partition coefficient (Wildman–Crippen LogP) is 16.8. The van der Waals surface area contributed by atoms with E-state index in [4.69, 9.17) is 87.5 Å². The van der Waals surface area contributed by atoms with Crippen molar-refractivity contribution in [2.75, 3.05) is 73.6 Å². The number of benzene rings is 3. The Balaban J connectivity index is 0.000000135. The highest BCUT2D eigenvalue weighted by Gasteiger charge is 2.44. The Morgan fingerprint density at radius 3 is 0.986 bits per heavy atom. The van der Waals surface area contributed by atoms with E-state index in [1.807, 2.05) is 77.0 Å². The number of aromatic nitrogens is 15. The summed E-state index contributed by atoms with van der Waals surface area (Å²) in [5.41, 5.74) is 6.09. The molecule has 3 aromatic carbocycles. The third-order valence-corrected chi connectivity index (χ3v) is 26.9. The fraction of sp³-hybridized carbons (Fsp3) is 0.410. The highest BCUT2D eigenvalue weighted by atomic mass is 35.5. The first-order chi connectivity index (χ1) is 67.3. The van der Waals surface area contributed by atoms with Crippen LogP contribution in [0.2, 0.25) is 20.2 Å². The SMILES string of the molecule is C=CC(=O)Cl.C=CC(=O)N1CCN(c2nc(=O)n(-c3c(C4CC4)ncnc3C3CC3)c3nc(-c4ccccc4F)c(Cl)cc23)[C@@H](C)C1.C[C@H]1CN(C(=O)OC(C)(C)C)CCN1c1nc(=O)n(-c2c(C3CC3)ncnc2C2CC2)c2nc(-c3ccccc3F)c(Cl)cc12.C[C@H]1CN(C(=O)OC(C)(C)C)CCN1c1nc(=O)n(-c2c(C3CC3)ncnc2C2CC2)c2nc(Cl)c(Cl)cc12.OB(O)c1ccccc1F. The van der Waals surface area contributed by atoms with Crippen LogP contribution in [0.15, 0.2) is 150 Å². The van der Waals surface area contributed by atoms with E-state index in [9.17, 15) is 38.0 Å². The van der Waals surface area contributed by atoms with Gasteiger partial charge in [-0.2, -0.15) is 15.0 Å². The van der Waals surface area contributed by atoms with E-state index in [2.05, 4.69) is 63.0 Å². The van der Waals surface area contributed by atoms with Crippen molar-refractivity contribution in [1.82, 2.24) is 88.2 Å². The first-order valence-corrected chi connectivity index (χ1v) is 48.9. The Morgan fingerprint density at radius 2 is 0.709 bits per heavy atom. The number of ether oxygens (including phenoxy) is 2. The second-order valence-corrected chi connectivity index (χ2v) is 40.6. The molecule has 32 nitrogen and oxygen atoms in total. The quantitative estimate of drug-likeness (QED) is 0.0370. The number of hydrogen-bond donors (Lipinski definition) is 2. The van der Waals surface area contributed by atoms with Crippen LogP contribution in [0.5, 0.6) is 0 Å². The number of piperazine rings is 3. The van der Waals surface area contributed by atoms with Crippen LogP contribution in [0, 0.1) is 17.5 Å². The lowest BCUT2D eigenvalue weighted by Crippen LogP contribution is -2.55. The minimum absolute atomic E-state index is 0.0949. The largest absolute Gasteiger partial charge is 0.491 e. The van der Waals surface area contributed by atoms with Crippen molar-refractivity contribution in [2.24, 2.45) is 0 Å². The molecule has 6 aliphatic carbocycles. The zero-order chi connectivity index (χ0) is 100. The van der Waals surface area contributed by atoms with Gasteiger partial charge in [-0.05, 0) is 212 Å². The Labute approximate surface area is 835 Å². The van der Waals surface area contributed by atoms with Gasteiger partial charge in [0.25, 0.3) is 0 Å². The number of amides is 3. The Morgan fingerprint density at radius 1 is 0.418 bits per heavy atom. The number of halogens is 8. The lowest BCUT2D eigenvalue weighted by molar-refractivity contribution is -0.126. The van der Waals surface area contributed by atoms with Crippen LogP contribution in [0.3, 0.4) is 0 Å². The van der Waals surface area contributed by atoms with Gasteiger partial charge in [-0.1, -0.05) is 102 Å². The molecule has 41 heteroatoms. The fourth-order valence-corrected chi connectivity index (χ4v) is 18.7. The molecule has 21 rings (SSSR count). The van der Waals surface area contributed by atoms with Crippen molar-refractivity contribution < 1.29 is 51.9 Å². The first kappa shape index (κ1) is 100. The maximum atomic E-state index is 15.1. The Kier molecular flexibility index (Phi) is 29.3. The zero-order valence-corrected chi connectivity index (χ0v) is 82.8. The molecule has 3 atom stereocenters. The van der Waals surface area contributed by atoms with E-state index in [0.29, 0.717) is 127 Å². The second-order valence-electron chi connectivity index (χ2n) is 38.6. The monoisotopic (exact) mass is 2020 g/mol. The van der Waals surface area contributed by atoms with Gasteiger partial charge >= 0.3 is 36.4 Å². The van der Waals surface area contributed by atoms with E-state index < -0.39 is 58.1 Å². The van der Waals surface area contributed by atoms with E-state index in [0.717, 1.165) is 117 Å². The molecule has 12 heterocycles. The van der Waals surface area contributed by atoms with Crippen molar-refractivity contribution in [1.29, 1.82) is 0 Å². The number of carbonyl (C=O) groups excluding carboxylic acids is 4. The third-order valence-electron chi connectivity index (χ3n) is 25.5. The molecular weight excluding hydrogens is 1920 g/mol. The molecule has 6 saturated carbocycles. The van der Waals surface area contributed by atoms with Gasteiger partial charge in [-0.3, -0.25) is 9.59 Å². The van der Waals surface area contributed by atoms with Gasteiger partial charge in [0.2, 0.25) is 11.1 Å². The van der Waals surface area contributed by atoms with E-state index in [1.54, 1.807) is 88.3 Å². The molecular formula is C100H104BCl5F3N21O11. The van der Waals surface area contributed by atoms with Gasteiger partial charge in [0.1, 0.15) is 70.2 Å². The summed E-state index contributed by atoms with van der Waals surface area (Å²) in [6, 6.07) is 22.8. The summed E-state index contributed by atoms with van der Waals surface area (Å²) in [6.45, 7) is 27.5. The van der Waals surface area contributed by atoms with Crippen LogP contribution >= 0.6 is 58.0 Å². The average Bonchev–Trinajstić information content (AvgIpc) is 1.20. The average molecular weight is 2020 g/mol. The molecule has 12 aromatic rings. The topological polar surface area (TPSA) is 367 Å². The number of nitrogens with zero attached hydrogens (tertiary/aromatic N) is 21. The molecule has 141 heavy (non-hydrogen) atoms. The fourth-order valence-electron chi connectivity index (χ4n) is 17.9. The molecule has 3 aliphatic heterocycles. The highest BCUT2D eigenvalue weighted by Crippen LogP contribution is 2.52. The van der Waals surface area contributed by atoms with Crippen LogP contribution in [0.25, 0.3) is 72.7 Å². The molecule has 3 amide bonds. The number of rotatable bonds is 17. The van der Waals surface area contributed by atoms with Crippen molar-refractivity contribution >= 4 is 144 Å². The van der Waals surface area contributed by atoms with E-state index in [1.165, 1.54) is 56.2 Å². The molecule has 9 fully saturated rings. The van der Waals surface area contributed by atoms with Crippen LogP contribution < -0.4 is 37.2 Å². The summed E-state index contributed by atoms with van der Waals surface area (Å²) in [5.74, 6) is 1.11. The smallest absolute Gasteiger partial charge is 0.444 e. The molecule has 9 aromatic heterocycles. The van der Waals surface area contributed by atoms with Gasteiger partial charge in [0, 0.05) is 129 Å². The summed E-state index contributed by atoms with van der Waals surface area (Å²) in [5, 5.41) is 19.1. The number of fused-ring (bicyclic) bond motifs is 3. The molecule has 2 N–H and O–H groups in total. The molecule has 0 radical (unpaired) electrons. The normalized spacial score (nSPS) is 18.1. The lowest BCUT2D eigenvalue weighted by Gasteiger charge is -2.41.